The largest absolute Gasteiger partial charge is 0.497 e. The number of rotatable bonds is 9. The summed E-state index contributed by atoms with van der Waals surface area (Å²) in [6.07, 6.45) is 0.231. The van der Waals surface area contributed by atoms with Gasteiger partial charge in [0.05, 0.1) is 26.6 Å². The van der Waals surface area contributed by atoms with Gasteiger partial charge >= 0.3 is 0 Å². The maximum Gasteiger partial charge on any atom is 0.239 e. The molecule has 0 heterocycles. The number of amides is 2. The first-order valence-electron chi connectivity index (χ1n) is 9.42. The Hall–Kier alpha value is -3.54. The molecule has 2 amide bonds. The molecule has 3 aromatic carbocycles. The van der Waals surface area contributed by atoms with Crippen molar-refractivity contribution in [2.24, 2.45) is 0 Å². The van der Waals surface area contributed by atoms with Crippen LogP contribution in [0.2, 0.25) is 0 Å². The molecule has 0 aliphatic rings. The number of hydrogen-bond acceptors (Lipinski definition) is 4. The van der Waals surface area contributed by atoms with E-state index in [-0.39, 0.29) is 24.8 Å². The molecule has 0 fully saturated rings. The van der Waals surface area contributed by atoms with Gasteiger partial charge in [0, 0.05) is 0 Å². The molecule has 0 aliphatic carbocycles. The summed E-state index contributed by atoms with van der Waals surface area (Å²) in [7, 11) is 1.60. The molecule has 0 saturated heterocycles. The Labute approximate surface area is 169 Å². The van der Waals surface area contributed by atoms with E-state index in [0.717, 1.165) is 22.1 Å². The van der Waals surface area contributed by atoms with E-state index in [0.29, 0.717) is 18.9 Å². The van der Waals surface area contributed by atoms with Crippen LogP contribution in [-0.2, 0) is 16.0 Å². The minimum absolute atomic E-state index is 0.0634. The highest BCUT2D eigenvalue weighted by atomic mass is 16.5. The maximum atomic E-state index is 12.2. The second-order valence-corrected chi connectivity index (χ2v) is 6.47. The molecule has 6 heteroatoms. The van der Waals surface area contributed by atoms with E-state index in [4.69, 9.17) is 9.47 Å². The molecule has 0 bridgehead atoms. The van der Waals surface area contributed by atoms with Gasteiger partial charge in [-0.1, -0.05) is 42.5 Å². The van der Waals surface area contributed by atoms with E-state index >= 15 is 0 Å². The van der Waals surface area contributed by atoms with Gasteiger partial charge in [-0.15, -0.1) is 0 Å². The molecule has 150 valence electrons. The van der Waals surface area contributed by atoms with E-state index in [1.807, 2.05) is 42.5 Å². The van der Waals surface area contributed by atoms with Gasteiger partial charge in [0.15, 0.2) is 0 Å². The third kappa shape index (κ3) is 5.97. The Balaban J connectivity index is 1.37. The molecule has 0 aromatic heterocycles. The summed E-state index contributed by atoms with van der Waals surface area (Å²) >= 11 is 0. The van der Waals surface area contributed by atoms with Gasteiger partial charge in [0.1, 0.15) is 18.1 Å². The van der Waals surface area contributed by atoms with E-state index in [9.17, 15) is 9.59 Å². The highest BCUT2D eigenvalue weighted by Gasteiger charge is 2.08. The first kappa shape index (κ1) is 20.2. The van der Waals surface area contributed by atoms with Crippen molar-refractivity contribution in [1.29, 1.82) is 0 Å². The Morgan fingerprint density at radius 2 is 1.55 bits per heavy atom. The lowest BCUT2D eigenvalue weighted by Crippen LogP contribution is -2.39. The number of hydrogen-bond donors (Lipinski definition) is 2. The summed E-state index contributed by atoms with van der Waals surface area (Å²) in [6.45, 7) is 0.623. The molecule has 2 N–H and O–H groups in total. The fourth-order valence-corrected chi connectivity index (χ4v) is 2.95. The van der Waals surface area contributed by atoms with E-state index in [1.54, 1.807) is 31.4 Å². The lowest BCUT2D eigenvalue weighted by molar-refractivity contribution is -0.125. The summed E-state index contributed by atoms with van der Waals surface area (Å²) in [5.41, 5.74) is 0.939. The van der Waals surface area contributed by atoms with Gasteiger partial charge in [-0.2, -0.15) is 0 Å². The summed E-state index contributed by atoms with van der Waals surface area (Å²) in [6, 6.07) is 21.0. The number of carbonyl (C=O) groups excluding carboxylic acids is 2. The SMILES string of the molecule is COc1ccc(OCCNC(=O)CNC(=O)Cc2cccc3ccccc23)cc1. The van der Waals surface area contributed by atoms with Crippen LogP contribution in [0.4, 0.5) is 0 Å². The lowest BCUT2D eigenvalue weighted by Gasteiger charge is -2.10. The first-order valence-corrected chi connectivity index (χ1v) is 9.42. The van der Waals surface area contributed by atoms with Crippen molar-refractivity contribution in [3.63, 3.8) is 0 Å². The molecule has 0 aliphatic heterocycles. The zero-order valence-corrected chi connectivity index (χ0v) is 16.3. The van der Waals surface area contributed by atoms with Crippen molar-refractivity contribution in [2.45, 2.75) is 6.42 Å². The van der Waals surface area contributed by atoms with Gasteiger partial charge in [0.2, 0.25) is 11.8 Å². The van der Waals surface area contributed by atoms with Crippen LogP contribution < -0.4 is 20.1 Å². The molecule has 3 rings (SSSR count). The Kier molecular flexibility index (Phi) is 7.05. The molecule has 3 aromatic rings. The molecule has 0 unspecified atom stereocenters. The van der Waals surface area contributed by atoms with Gasteiger partial charge in [-0.25, -0.2) is 0 Å². The third-order valence-electron chi connectivity index (χ3n) is 4.43. The second kappa shape index (κ2) is 10.1. The summed E-state index contributed by atoms with van der Waals surface area (Å²) in [5.74, 6) is 1.01. The number of ether oxygens (including phenoxy) is 2. The quantitative estimate of drug-likeness (QED) is 0.549. The number of nitrogens with one attached hydrogen (secondary N) is 2. The Bertz CT molecular complexity index is 965. The topological polar surface area (TPSA) is 76.7 Å². The monoisotopic (exact) mass is 392 g/mol. The molecule has 29 heavy (non-hydrogen) atoms. The van der Waals surface area contributed by atoms with Crippen LogP contribution in [-0.4, -0.2) is 38.6 Å². The van der Waals surface area contributed by atoms with Crippen LogP contribution in [0, 0.1) is 0 Å². The van der Waals surface area contributed by atoms with Crippen LogP contribution in [0.3, 0.4) is 0 Å². The van der Waals surface area contributed by atoms with Crippen molar-refractivity contribution >= 4 is 22.6 Å². The first-order chi connectivity index (χ1) is 14.2. The molecule has 0 saturated carbocycles. The average molecular weight is 392 g/mol. The van der Waals surface area contributed by atoms with Gasteiger partial charge in [-0.3, -0.25) is 9.59 Å². The fourth-order valence-electron chi connectivity index (χ4n) is 2.95. The van der Waals surface area contributed by atoms with Crippen LogP contribution in [0.15, 0.2) is 66.7 Å². The van der Waals surface area contributed by atoms with Crippen molar-refractivity contribution in [3.05, 3.63) is 72.3 Å². The zero-order chi connectivity index (χ0) is 20.5. The molecule has 0 radical (unpaired) electrons. The number of carbonyl (C=O) groups is 2. The molecule has 0 spiro atoms. The van der Waals surface area contributed by atoms with Gasteiger partial charge < -0.3 is 20.1 Å². The number of methoxy groups -OCH3 is 1. The van der Waals surface area contributed by atoms with Crippen molar-refractivity contribution in [3.8, 4) is 11.5 Å². The van der Waals surface area contributed by atoms with Crippen LogP contribution >= 0.6 is 0 Å². The zero-order valence-electron chi connectivity index (χ0n) is 16.3. The standard InChI is InChI=1S/C23H24N2O4/c1-28-19-9-11-20(12-10-19)29-14-13-24-23(27)16-25-22(26)15-18-7-4-6-17-5-2-3-8-21(17)18/h2-12H,13-16H2,1H3,(H,24,27)(H,25,26). The van der Waals surface area contributed by atoms with Crippen LogP contribution in [0.1, 0.15) is 5.56 Å². The highest BCUT2D eigenvalue weighted by Crippen LogP contribution is 2.19. The average Bonchev–Trinajstić information content (AvgIpc) is 2.76. The molecular weight excluding hydrogens is 368 g/mol. The Morgan fingerprint density at radius 3 is 2.34 bits per heavy atom. The minimum atomic E-state index is -0.255. The maximum absolute atomic E-state index is 12.2. The van der Waals surface area contributed by atoms with E-state index < -0.39 is 0 Å². The predicted octanol–water partition coefficient (Wildman–Crippen LogP) is 2.70. The smallest absolute Gasteiger partial charge is 0.239 e. The number of fused-ring (bicyclic) bond motifs is 1. The van der Waals surface area contributed by atoms with Gasteiger partial charge in [0.25, 0.3) is 0 Å². The highest BCUT2D eigenvalue weighted by molar-refractivity contribution is 5.91. The predicted molar refractivity (Wildman–Crippen MR) is 112 cm³/mol. The van der Waals surface area contributed by atoms with Crippen molar-refractivity contribution < 1.29 is 19.1 Å². The summed E-state index contributed by atoms with van der Waals surface area (Å²) in [5, 5.41) is 7.52. The molecular formula is C23H24N2O4. The minimum Gasteiger partial charge on any atom is -0.497 e. The van der Waals surface area contributed by atoms with E-state index in [1.165, 1.54) is 0 Å². The Morgan fingerprint density at radius 1 is 0.828 bits per heavy atom. The summed E-state index contributed by atoms with van der Waals surface area (Å²) < 4.78 is 10.6. The second-order valence-electron chi connectivity index (χ2n) is 6.47. The fraction of sp³-hybridized carbons (Fsp3) is 0.217. The van der Waals surface area contributed by atoms with Gasteiger partial charge in [-0.05, 0) is 40.6 Å². The third-order valence-corrected chi connectivity index (χ3v) is 4.43. The summed E-state index contributed by atoms with van der Waals surface area (Å²) in [4.78, 5) is 24.1. The molecule has 6 nitrogen and oxygen atoms in total. The van der Waals surface area contributed by atoms with Crippen LogP contribution in [0.5, 0.6) is 11.5 Å². The van der Waals surface area contributed by atoms with E-state index in [2.05, 4.69) is 10.6 Å². The van der Waals surface area contributed by atoms with Crippen LogP contribution in [0.25, 0.3) is 10.8 Å². The number of benzene rings is 3. The van der Waals surface area contributed by atoms with Crippen molar-refractivity contribution in [1.82, 2.24) is 10.6 Å². The molecule has 0 atom stereocenters. The normalized spacial score (nSPS) is 10.4. The van der Waals surface area contributed by atoms with Crippen molar-refractivity contribution in [2.75, 3.05) is 26.8 Å². The lowest BCUT2D eigenvalue weighted by atomic mass is 10.0.